The van der Waals surface area contributed by atoms with Gasteiger partial charge >= 0.3 is 0 Å². The van der Waals surface area contributed by atoms with Gasteiger partial charge in [0.25, 0.3) is 0 Å². The van der Waals surface area contributed by atoms with Crippen LogP contribution in [-0.2, 0) is 0 Å². The molecule has 2 aromatic heterocycles. The molecule has 4 heteroatoms. The molecule has 0 bridgehead atoms. The molecule has 16 heavy (non-hydrogen) atoms. The molecule has 0 radical (unpaired) electrons. The Hall–Kier alpha value is -1.71. The molecule has 82 valence electrons. The van der Waals surface area contributed by atoms with Gasteiger partial charge in [0.1, 0.15) is 0 Å². The van der Waals surface area contributed by atoms with E-state index in [1.165, 1.54) is 12.8 Å². The van der Waals surface area contributed by atoms with Crippen LogP contribution in [0.25, 0.3) is 5.65 Å². The van der Waals surface area contributed by atoms with Crippen molar-refractivity contribution in [3.63, 3.8) is 0 Å². The van der Waals surface area contributed by atoms with Gasteiger partial charge in [0.05, 0.1) is 11.3 Å². The molecule has 0 aliphatic heterocycles. The Bertz CT molecular complexity index is 526. The van der Waals surface area contributed by atoms with Gasteiger partial charge in [0.2, 0.25) is 0 Å². The molecular weight excluding hydrogens is 202 g/mol. The van der Waals surface area contributed by atoms with E-state index in [0.29, 0.717) is 17.1 Å². The van der Waals surface area contributed by atoms with Crippen molar-refractivity contribution >= 4 is 11.9 Å². The molecular formula is C12H13N3O. The predicted octanol–water partition coefficient (Wildman–Crippen LogP) is 2.20. The van der Waals surface area contributed by atoms with Crippen molar-refractivity contribution in [3.8, 4) is 0 Å². The monoisotopic (exact) mass is 215 g/mol. The quantitative estimate of drug-likeness (QED) is 0.721. The van der Waals surface area contributed by atoms with E-state index >= 15 is 0 Å². The maximum absolute atomic E-state index is 11.2. The lowest BCUT2D eigenvalue weighted by Gasteiger charge is -2.04. The highest BCUT2D eigenvalue weighted by molar-refractivity contribution is 5.86. The van der Waals surface area contributed by atoms with Crippen molar-refractivity contribution in [1.29, 1.82) is 0 Å². The van der Waals surface area contributed by atoms with Crippen LogP contribution in [0.4, 0.5) is 0 Å². The first-order chi connectivity index (χ1) is 7.90. The molecule has 3 rings (SSSR count). The molecule has 0 atom stereocenters. The number of aromatic nitrogens is 3. The predicted molar refractivity (Wildman–Crippen MR) is 59.6 cm³/mol. The molecule has 1 aliphatic carbocycles. The van der Waals surface area contributed by atoms with Gasteiger partial charge in [0, 0.05) is 18.3 Å². The van der Waals surface area contributed by atoms with Crippen LogP contribution >= 0.6 is 0 Å². The summed E-state index contributed by atoms with van der Waals surface area (Å²) in [5.41, 5.74) is 2.29. The zero-order valence-corrected chi connectivity index (χ0v) is 8.97. The fraction of sp³-hybridized carbons (Fsp3) is 0.417. The van der Waals surface area contributed by atoms with Crippen LogP contribution < -0.4 is 0 Å². The van der Waals surface area contributed by atoms with Crippen LogP contribution in [0.5, 0.6) is 0 Å². The van der Waals surface area contributed by atoms with Gasteiger partial charge in [0.15, 0.2) is 11.9 Å². The highest BCUT2D eigenvalue weighted by atomic mass is 16.1. The van der Waals surface area contributed by atoms with Crippen molar-refractivity contribution in [2.24, 2.45) is 0 Å². The first-order valence-electron chi connectivity index (χ1n) is 5.68. The summed E-state index contributed by atoms with van der Waals surface area (Å²) >= 11 is 0. The van der Waals surface area contributed by atoms with Crippen LogP contribution in [0.15, 0.2) is 18.5 Å². The molecule has 1 saturated carbocycles. The SMILES string of the molecule is O=Cc1c(C2CCCC2)nn2cccnc12. The summed E-state index contributed by atoms with van der Waals surface area (Å²) < 4.78 is 1.71. The second kappa shape index (κ2) is 3.70. The molecule has 0 aromatic carbocycles. The lowest BCUT2D eigenvalue weighted by molar-refractivity contribution is 0.112. The number of nitrogens with zero attached hydrogens (tertiary/aromatic N) is 3. The van der Waals surface area contributed by atoms with Crippen LogP contribution in [0.1, 0.15) is 47.7 Å². The van der Waals surface area contributed by atoms with E-state index < -0.39 is 0 Å². The lowest BCUT2D eigenvalue weighted by atomic mass is 10.0. The van der Waals surface area contributed by atoms with E-state index in [9.17, 15) is 4.79 Å². The minimum absolute atomic E-state index is 0.446. The minimum atomic E-state index is 0.446. The van der Waals surface area contributed by atoms with Crippen LogP contribution in [0.2, 0.25) is 0 Å². The Labute approximate surface area is 93.3 Å². The van der Waals surface area contributed by atoms with Crippen LogP contribution in [-0.4, -0.2) is 20.9 Å². The standard InChI is InChI=1S/C12H13N3O/c16-8-10-11(9-4-1-2-5-9)14-15-7-3-6-13-12(10)15/h3,6-9H,1-2,4-5H2. The van der Waals surface area contributed by atoms with Gasteiger partial charge in [-0.25, -0.2) is 9.50 Å². The van der Waals surface area contributed by atoms with Crippen molar-refractivity contribution in [3.05, 3.63) is 29.7 Å². The Kier molecular flexibility index (Phi) is 2.20. The van der Waals surface area contributed by atoms with Gasteiger partial charge < -0.3 is 0 Å². The van der Waals surface area contributed by atoms with Crippen molar-refractivity contribution in [2.45, 2.75) is 31.6 Å². The molecule has 0 saturated heterocycles. The summed E-state index contributed by atoms with van der Waals surface area (Å²) in [6.07, 6.45) is 9.20. The third kappa shape index (κ3) is 1.33. The number of aldehydes is 1. The summed E-state index contributed by atoms with van der Waals surface area (Å²) in [7, 11) is 0. The largest absolute Gasteiger partial charge is 0.298 e. The smallest absolute Gasteiger partial charge is 0.165 e. The van der Waals surface area contributed by atoms with Gasteiger partial charge in [-0.2, -0.15) is 5.10 Å². The third-order valence-corrected chi connectivity index (χ3v) is 3.32. The van der Waals surface area contributed by atoms with Crippen LogP contribution in [0.3, 0.4) is 0 Å². The van der Waals surface area contributed by atoms with Crippen molar-refractivity contribution in [2.75, 3.05) is 0 Å². The number of hydrogen-bond acceptors (Lipinski definition) is 3. The molecule has 0 spiro atoms. The highest BCUT2D eigenvalue weighted by Gasteiger charge is 2.24. The van der Waals surface area contributed by atoms with E-state index in [4.69, 9.17) is 0 Å². The topological polar surface area (TPSA) is 47.3 Å². The first kappa shape index (κ1) is 9.51. The molecule has 0 amide bonds. The Morgan fingerprint density at radius 2 is 2.19 bits per heavy atom. The summed E-state index contributed by atoms with van der Waals surface area (Å²) in [6.45, 7) is 0. The molecule has 4 nitrogen and oxygen atoms in total. The first-order valence-corrected chi connectivity index (χ1v) is 5.68. The van der Waals surface area contributed by atoms with Crippen molar-refractivity contribution < 1.29 is 4.79 Å². The van der Waals surface area contributed by atoms with Gasteiger partial charge in [-0.15, -0.1) is 0 Å². The molecule has 1 aliphatic rings. The number of hydrogen-bond donors (Lipinski definition) is 0. The number of fused-ring (bicyclic) bond motifs is 1. The maximum atomic E-state index is 11.2. The summed E-state index contributed by atoms with van der Waals surface area (Å²) in [5, 5.41) is 4.49. The Morgan fingerprint density at radius 1 is 1.38 bits per heavy atom. The normalized spacial score (nSPS) is 17.0. The molecule has 1 fully saturated rings. The van der Waals surface area contributed by atoms with E-state index in [1.54, 1.807) is 10.7 Å². The summed E-state index contributed by atoms with van der Waals surface area (Å²) in [4.78, 5) is 15.4. The molecule has 2 heterocycles. The van der Waals surface area contributed by atoms with Gasteiger partial charge in [-0.05, 0) is 18.9 Å². The Balaban J connectivity index is 2.19. The fourth-order valence-electron chi connectivity index (χ4n) is 2.54. The molecule has 2 aromatic rings. The number of rotatable bonds is 2. The minimum Gasteiger partial charge on any atom is -0.298 e. The van der Waals surface area contributed by atoms with E-state index in [0.717, 1.165) is 24.8 Å². The van der Waals surface area contributed by atoms with Gasteiger partial charge in [-0.1, -0.05) is 12.8 Å². The van der Waals surface area contributed by atoms with E-state index in [1.807, 2.05) is 12.3 Å². The zero-order chi connectivity index (χ0) is 11.0. The lowest BCUT2D eigenvalue weighted by Crippen LogP contribution is -1.97. The number of carbonyl (C=O) groups is 1. The molecule has 0 unspecified atom stereocenters. The van der Waals surface area contributed by atoms with Crippen LogP contribution in [0, 0.1) is 0 Å². The van der Waals surface area contributed by atoms with E-state index in [-0.39, 0.29) is 0 Å². The zero-order valence-electron chi connectivity index (χ0n) is 8.97. The van der Waals surface area contributed by atoms with Crippen molar-refractivity contribution in [1.82, 2.24) is 14.6 Å². The number of carbonyl (C=O) groups excluding carboxylic acids is 1. The van der Waals surface area contributed by atoms with Gasteiger partial charge in [-0.3, -0.25) is 4.79 Å². The van der Waals surface area contributed by atoms with E-state index in [2.05, 4.69) is 10.1 Å². The second-order valence-corrected chi connectivity index (χ2v) is 4.29. The average Bonchev–Trinajstić information content (AvgIpc) is 2.95. The molecule has 0 N–H and O–H groups in total. The summed E-state index contributed by atoms with van der Waals surface area (Å²) in [6, 6.07) is 1.83. The third-order valence-electron chi connectivity index (χ3n) is 3.32. The maximum Gasteiger partial charge on any atom is 0.165 e. The highest BCUT2D eigenvalue weighted by Crippen LogP contribution is 2.35. The second-order valence-electron chi connectivity index (χ2n) is 4.29. The average molecular weight is 215 g/mol. The fourth-order valence-corrected chi connectivity index (χ4v) is 2.54. The summed E-state index contributed by atoms with van der Waals surface area (Å²) in [5.74, 6) is 0.446. The Morgan fingerprint density at radius 3 is 2.94 bits per heavy atom.